The van der Waals surface area contributed by atoms with Gasteiger partial charge in [0.1, 0.15) is 18.1 Å². The van der Waals surface area contributed by atoms with Crippen LogP contribution in [-0.4, -0.2) is 89.2 Å². The van der Waals surface area contributed by atoms with Crippen molar-refractivity contribution in [2.24, 2.45) is 34.5 Å². The van der Waals surface area contributed by atoms with Crippen LogP contribution in [0.15, 0.2) is 0 Å². The van der Waals surface area contributed by atoms with Gasteiger partial charge in [-0.3, -0.25) is 24.1 Å². The van der Waals surface area contributed by atoms with Crippen molar-refractivity contribution >= 4 is 23.6 Å². The molecule has 1 spiro atoms. The summed E-state index contributed by atoms with van der Waals surface area (Å²) in [4.78, 5) is 56.9. The van der Waals surface area contributed by atoms with E-state index in [-0.39, 0.29) is 47.6 Å². The highest BCUT2D eigenvalue weighted by molar-refractivity contribution is 5.94. The van der Waals surface area contributed by atoms with Crippen molar-refractivity contribution in [1.29, 1.82) is 5.26 Å². The molecule has 0 radical (unpaired) electrons. The molecule has 3 heterocycles. The highest BCUT2D eigenvalue weighted by Gasteiger charge is 2.70. The molecule has 12 heteroatoms. The van der Waals surface area contributed by atoms with E-state index in [4.69, 9.17) is 0 Å². The lowest BCUT2D eigenvalue weighted by molar-refractivity contribution is -0.148. The Labute approximate surface area is 252 Å². The van der Waals surface area contributed by atoms with E-state index in [9.17, 15) is 33.2 Å². The molecule has 0 aromatic heterocycles. The lowest BCUT2D eigenvalue weighted by Crippen LogP contribution is -2.61. The molecule has 0 bridgehead atoms. The summed E-state index contributed by atoms with van der Waals surface area (Å²) in [7, 11) is 0. The molecule has 4 amide bonds. The molecule has 3 N–H and O–H groups in total. The quantitative estimate of drug-likeness (QED) is 0.388. The van der Waals surface area contributed by atoms with E-state index in [1.54, 1.807) is 32.6 Å². The Balaban J connectivity index is 1.30. The van der Waals surface area contributed by atoms with Crippen LogP contribution in [0.5, 0.6) is 0 Å². The van der Waals surface area contributed by atoms with E-state index in [0.29, 0.717) is 19.5 Å². The molecule has 4 unspecified atom stereocenters. The second-order valence-electron chi connectivity index (χ2n) is 15.4. The number of halogens is 2. The van der Waals surface area contributed by atoms with Crippen molar-refractivity contribution in [1.82, 2.24) is 25.8 Å². The zero-order chi connectivity index (χ0) is 31.7. The summed E-state index contributed by atoms with van der Waals surface area (Å²) in [5.74, 6) is -5.92. The van der Waals surface area contributed by atoms with Crippen LogP contribution in [0.4, 0.5) is 8.78 Å². The predicted molar refractivity (Wildman–Crippen MR) is 153 cm³/mol. The number of rotatable bonds is 8. The standard InChI is InChI=1S/C31H46F2N6O4/c1-7-38-14-18(12-31(32,33)16-38)24(40)36-23(28(2,3)4)27(43)39-15-20-21(29(20,5)6)22(39)26(42)35-19(13-34)10-17-11-30(8-9-30)37-25(17)41/h17-23H,7-12,14-16H2,1-6H3,(H,35,42)(H,36,40)(H,37,41)/t17-,18?,19+,20?,21?,22?,23-/m1/s1. The lowest BCUT2D eigenvalue weighted by Gasteiger charge is -2.40. The van der Waals surface area contributed by atoms with Crippen LogP contribution in [0, 0.1) is 45.8 Å². The van der Waals surface area contributed by atoms with E-state index in [0.717, 1.165) is 12.8 Å². The van der Waals surface area contributed by atoms with Crippen molar-refractivity contribution in [3.63, 3.8) is 0 Å². The fourth-order valence-electron chi connectivity index (χ4n) is 7.83. The summed E-state index contributed by atoms with van der Waals surface area (Å²) in [6.45, 7) is 11.8. The molecule has 3 aliphatic heterocycles. The summed E-state index contributed by atoms with van der Waals surface area (Å²) in [6.07, 6.45) is 2.14. The van der Waals surface area contributed by atoms with Crippen molar-refractivity contribution in [3.05, 3.63) is 0 Å². The van der Waals surface area contributed by atoms with Crippen LogP contribution in [0.1, 0.15) is 73.6 Å². The summed E-state index contributed by atoms with van der Waals surface area (Å²) in [5, 5.41) is 18.5. The van der Waals surface area contributed by atoms with Gasteiger partial charge in [0.15, 0.2) is 0 Å². The SMILES string of the molecule is CCN1CC(C(=O)N[C@H](C(=O)N2CC3C(C2C(=O)N[C@H](C#N)C[C@@H]2CC4(CC4)NC2=O)C3(C)C)C(C)(C)C)CC(F)(F)C1. The maximum Gasteiger partial charge on any atom is 0.261 e. The Bertz CT molecular complexity index is 1220. The topological polar surface area (TPSA) is 135 Å². The molecule has 43 heavy (non-hydrogen) atoms. The molecule has 3 saturated heterocycles. The summed E-state index contributed by atoms with van der Waals surface area (Å²) in [5.41, 5.74) is -1.08. The molecular formula is C31H46F2N6O4. The zero-order valence-electron chi connectivity index (χ0n) is 26.1. The number of likely N-dealkylation sites (tertiary alicyclic amines) is 2. The Hall–Kier alpha value is -2.81. The van der Waals surface area contributed by atoms with Crippen LogP contribution in [0.2, 0.25) is 0 Å². The number of nitrogens with one attached hydrogen (secondary N) is 3. The zero-order valence-corrected chi connectivity index (χ0v) is 26.1. The monoisotopic (exact) mass is 604 g/mol. The van der Waals surface area contributed by atoms with Gasteiger partial charge in [-0.1, -0.05) is 41.5 Å². The molecule has 2 aliphatic carbocycles. The first kappa shape index (κ1) is 31.6. The van der Waals surface area contributed by atoms with E-state index in [2.05, 4.69) is 35.9 Å². The van der Waals surface area contributed by atoms with Gasteiger partial charge in [0.05, 0.1) is 18.5 Å². The number of hydrogen-bond donors (Lipinski definition) is 3. The van der Waals surface area contributed by atoms with Crippen molar-refractivity contribution in [2.45, 2.75) is 103 Å². The average Bonchev–Trinajstić information content (AvgIpc) is 3.63. The highest BCUT2D eigenvalue weighted by atomic mass is 19.3. The second-order valence-corrected chi connectivity index (χ2v) is 15.4. The molecular weight excluding hydrogens is 558 g/mol. The first-order valence-corrected chi connectivity index (χ1v) is 15.6. The van der Waals surface area contributed by atoms with Gasteiger partial charge in [0, 0.05) is 31.0 Å². The third kappa shape index (κ3) is 6.11. The van der Waals surface area contributed by atoms with Gasteiger partial charge >= 0.3 is 0 Å². The number of hydrogen-bond acceptors (Lipinski definition) is 6. The fourth-order valence-corrected chi connectivity index (χ4v) is 7.83. The minimum Gasteiger partial charge on any atom is -0.350 e. The van der Waals surface area contributed by atoms with Gasteiger partial charge in [-0.05, 0) is 54.9 Å². The highest BCUT2D eigenvalue weighted by Crippen LogP contribution is 2.65. The van der Waals surface area contributed by atoms with Gasteiger partial charge in [-0.2, -0.15) is 5.26 Å². The van der Waals surface area contributed by atoms with Gasteiger partial charge < -0.3 is 20.9 Å². The number of carbonyl (C=O) groups is 4. The van der Waals surface area contributed by atoms with E-state index in [1.807, 2.05) is 0 Å². The minimum atomic E-state index is -3.00. The molecule has 5 fully saturated rings. The van der Waals surface area contributed by atoms with Gasteiger partial charge in [-0.25, -0.2) is 8.78 Å². The van der Waals surface area contributed by atoms with Crippen LogP contribution < -0.4 is 16.0 Å². The van der Waals surface area contributed by atoms with Gasteiger partial charge in [-0.15, -0.1) is 0 Å². The van der Waals surface area contributed by atoms with Crippen molar-refractivity contribution in [3.8, 4) is 6.07 Å². The van der Waals surface area contributed by atoms with Gasteiger partial charge in [0.2, 0.25) is 23.6 Å². The normalized spacial score (nSPS) is 33.1. The summed E-state index contributed by atoms with van der Waals surface area (Å²) in [6, 6.07) is -0.633. The van der Waals surface area contributed by atoms with Gasteiger partial charge in [0.25, 0.3) is 5.92 Å². The molecule has 2 saturated carbocycles. The second kappa shape index (κ2) is 10.7. The van der Waals surface area contributed by atoms with Crippen LogP contribution >= 0.6 is 0 Å². The largest absolute Gasteiger partial charge is 0.350 e. The summed E-state index contributed by atoms with van der Waals surface area (Å²) < 4.78 is 28.9. The Kier molecular flexibility index (Phi) is 7.84. The number of alkyl halides is 2. The third-order valence-corrected chi connectivity index (χ3v) is 10.7. The van der Waals surface area contributed by atoms with E-state index >= 15 is 0 Å². The maximum absolute atomic E-state index is 14.4. The number of fused-ring (bicyclic) bond motifs is 1. The Morgan fingerprint density at radius 2 is 1.79 bits per heavy atom. The minimum absolute atomic E-state index is 0.0783. The smallest absolute Gasteiger partial charge is 0.261 e. The van der Waals surface area contributed by atoms with Crippen LogP contribution in [0.3, 0.4) is 0 Å². The van der Waals surface area contributed by atoms with E-state index in [1.165, 1.54) is 4.90 Å². The Morgan fingerprint density at radius 1 is 1.12 bits per heavy atom. The first-order chi connectivity index (χ1) is 19.9. The molecule has 10 nitrogen and oxygen atoms in total. The van der Waals surface area contributed by atoms with Crippen molar-refractivity contribution < 1.29 is 28.0 Å². The van der Waals surface area contributed by atoms with Crippen LogP contribution in [0.25, 0.3) is 0 Å². The molecule has 7 atom stereocenters. The van der Waals surface area contributed by atoms with Crippen LogP contribution in [-0.2, 0) is 19.2 Å². The third-order valence-electron chi connectivity index (χ3n) is 10.7. The Morgan fingerprint density at radius 3 is 2.35 bits per heavy atom. The number of piperidine rings is 2. The molecule has 0 aromatic rings. The maximum atomic E-state index is 14.4. The number of amides is 4. The number of carbonyl (C=O) groups excluding carboxylic acids is 4. The molecule has 5 rings (SSSR count). The molecule has 5 aliphatic rings. The summed E-state index contributed by atoms with van der Waals surface area (Å²) >= 11 is 0. The molecule has 0 aromatic carbocycles. The number of nitriles is 1. The number of nitrogens with zero attached hydrogens (tertiary/aromatic N) is 3. The predicted octanol–water partition coefficient (Wildman–Crippen LogP) is 2.04. The average molecular weight is 605 g/mol. The first-order valence-electron chi connectivity index (χ1n) is 15.6. The van der Waals surface area contributed by atoms with Crippen molar-refractivity contribution in [2.75, 3.05) is 26.2 Å². The lowest BCUT2D eigenvalue weighted by atomic mass is 9.84. The van der Waals surface area contributed by atoms with E-state index < -0.39 is 66.1 Å². The fraction of sp³-hybridized carbons (Fsp3) is 0.839. The molecule has 238 valence electrons.